The Labute approximate surface area is 102 Å². The van der Waals surface area contributed by atoms with Gasteiger partial charge in [-0.3, -0.25) is 4.79 Å². The van der Waals surface area contributed by atoms with E-state index in [9.17, 15) is 4.79 Å². The maximum Gasteiger partial charge on any atom is 0.243 e. The molecular weight excluding hydrogens is 216 g/mol. The van der Waals surface area contributed by atoms with Gasteiger partial charge in [-0.2, -0.15) is 5.26 Å². The van der Waals surface area contributed by atoms with Gasteiger partial charge in [-0.25, -0.2) is 0 Å². The summed E-state index contributed by atoms with van der Waals surface area (Å²) in [6, 6.07) is 2.45. The van der Waals surface area contributed by atoms with E-state index in [1.165, 1.54) is 12.8 Å². The molecule has 0 aromatic rings. The van der Waals surface area contributed by atoms with E-state index in [1.807, 2.05) is 4.90 Å². The third-order valence-electron chi connectivity index (χ3n) is 4.37. The van der Waals surface area contributed by atoms with E-state index in [1.54, 1.807) is 0 Å². The van der Waals surface area contributed by atoms with Crippen LogP contribution in [-0.2, 0) is 9.53 Å². The maximum absolute atomic E-state index is 12.4. The van der Waals surface area contributed by atoms with E-state index in [0.717, 1.165) is 25.7 Å². The van der Waals surface area contributed by atoms with Crippen LogP contribution in [0.4, 0.5) is 0 Å². The number of rotatable bonds is 1. The standard InChI is InChI=1S/C13H18N2O2/c14-9-13(5-6-13)12(16)15-7-8-17-11-4-2-1-3-10(11)15/h10-11H,1-8H2. The van der Waals surface area contributed by atoms with Crippen LogP contribution < -0.4 is 0 Å². The van der Waals surface area contributed by atoms with E-state index in [4.69, 9.17) is 10.00 Å². The van der Waals surface area contributed by atoms with Crippen molar-refractivity contribution in [1.82, 2.24) is 4.90 Å². The number of fused-ring (bicyclic) bond motifs is 1. The number of hydrogen-bond donors (Lipinski definition) is 0. The van der Waals surface area contributed by atoms with Gasteiger partial charge in [0.1, 0.15) is 5.41 Å². The van der Waals surface area contributed by atoms with Crippen molar-refractivity contribution in [3.63, 3.8) is 0 Å². The zero-order valence-electron chi connectivity index (χ0n) is 10.0. The van der Waals surface area contributed by atoms with Gasteiger partial charge in [-0.05, 0) is 25.7 Å². The van der Waals surface area contributed by atoms with Gasteiger partial charge in [0.25, 0.3) is 0 Å². The minimum Gasteiger partial charge on any atom is -0.374 e. The summed E-state index contributed by atoms with van der Waals surface area (Å²) in [5.41, 5.74) is -0.667. The van der Waals surface area contributed by atoms with Crippen LogP contribution in [0.5, 0.6) is 0 Å². The fourth-order valence-corrected chi connectivity index (χ4v) is 3.12. The van der Waals surface area contributed by atoms with Crippen LogP contribution >= 0.6 is 0 Å². The lowest BCUT2D eigenvalue weighted by Crippen LogP contribution is -2.56. The summed E-state index contributed by atoms with van der Waals surface area (Å²) in [5.74, 6) is 0.0696. The van der Waals surface area contributed by atoms with Crippen LogP contribution in [0, 0.1) is 16.7 Å². The minimum absolute atomic E-state index is 0.0696. The molecule has 1 heterocycles. The Morgan fingerprint density at radius 2 is 2.12 bits per heavy atom. The molecule has 3 fully saturated rings. The van der Waals surface area contributed by atoms with Crippen molar-refractivity contribution in [2.45, 2.75) is 50.7 Å². The zero-order valence-corrected chi connectivity index (χ0v) is 10.0. The van der Waals surface area contributed by atoms with Crippen LogP contribution in [-0.4, -0.2) is 36.1 Å². The average Bonchev–Trinajstić information content (AvgIpc) is 3.18. The van der Waals surface area contributed by atoms with Crippen molar-refractivity contribution in [1.29, 1.82) is 5.26 Å². The molecule has 1 saturated heterocycles. The summed E-state index contributed by atoms with van der Waals surface area (Å²) < 4.78 is 5.75. The van der Waals surface area contributed by atoms with Crippen molar-refractivity contribution in [3.05, 3.63) is 0 Å². The second-order valence-electron chi connectivity index (χ2n) is 5.45. The van der Waals surface area contributed by atoms with Gasteiger partial charge in [0.05, 0.1) is 24.8 Å². The summed E-state index contributed by atoms with van der Waals surface area (Å²) in [4.78, 5) is 14.4. The highest BCUT2D eigenvalue weighted by Gasteiger charge is 2.54. The molecular formula is C13H18N2O2. The van der Waals surface area contributed by atoms with Crippen molar-refractivity contribution in [2.75, 3.05) is 13.2 Å². The van der Waals surface area contributed by atoms with E-state index in [2.05, 4.69) is 6.07 Å². The number of carbonyl (C=O) groups is 1. The van der Waals surface area contributed by atoms with Crippen molar-refractivity contribution < 1.29 is 9.53 Å². The molecule has 1 amide bonds. The molecule has 0 aromatic heterocycles. The highest BCUT2D eigenvalue weighted by atomic mass is 16.5. The smallest absolute Gasteiger partial charge is 0.243 e. The van der Waals surface area contributed by atoms with E-state index in [-0.39, 0.29) is 18.1 Å². The average molecular weight is 234 g/mol. The molecule has 0 bridgehead atoms. The minimum atomic E-state index is -0.667. The first-order chi connectivity index (χ1) is 8.27. The Hall–Kier alpha value is -1.08. The number of hydrogen-bond acceptors (Lipinski definition) is 3. The molecule has 0 aromatic carbocycles. The summed E-state index contributed by atoms with van der Waals surface area (Å²) in [5, 5.41) is 9.12. The predicted molar refractivity (Wildman–Crippen MR) is 61.0 cm³/mol. The molecule has 0 radical (unpaired) electrons. The van der Waals surface area contributed by atoms with E-state index < -0.39 is 5.41 Å². The van der Waals surface area contributed by atoms with Gasteiger partial charge in [-0.15, -0.1) is 0 Å². The van der Waals surface area contributed by atoms with Crippen molar-refractivity contribution in [3.8, 4) is 6.07 Å². The summed E-state index contributed by atoms with van der Waals surface area (Å²) in [6.07, 6.45) is 6.19. The first-order valence-corrected chi connectivity index (χ1v) is 6.61. The Balaban J connectivity index is 1.77. The SMILES string of the molecule is N#CC1(C(=O)N2CCOC3CCCCC32)CC1. The molecule has 4 nitrogen and oxygen atoms in total. The van der Waals surface area contributed by atoms with Crippen LogP contribution in [0.2, 0.25) is 0 Å². The van der Waals surface area contributed by atoms with Crippen molar-refractivity contribution in [2.24, 2.45) is 5.41 Å². The Bertz CT molecular complexity index is 368. The second kappa shape index (κ2) is 3.99. The Morgan fingerprint density at radius 3 is 2.82 bits per heavy atom. The number of amides is 1. The first kappa shape index (κ1) is 11.0. The van der Waals surface area contributed by atoms with Gasteiger partial charge in [-0.1, -0.05) is 12.8 Å². The highest BCUT2D eigenvalue weighted by Crippen LogP contribution is 2.47. The fraction of sp³-hybridized carbons (Fsp3) is 0.846. The highest BCUT2D eigenvalue weighted by molar-refractivity contribution is 5.88. The fourth-order valence-electron chi connectivity index (χ4n) is 3.12. The molecule has 2 atom stereocenters. The lowest BCUT2D eigenvalue weighted by Gasteiger charge is -2.44. The normalized spacial score (nSPS) is 34.6. The predicted octanol–water partition coefficient (Wildman–Crippen LogP) is 1.46. The van der Waals surface area contributed by atoms with Crippen LogP contribution in [0.25, 0.3) is 0 Å². The number of ether oxygens (including phenoxy) is 1. The second-order valence-corrected chi connectivity index (χ2v) is 5.45. The quantitative estimate of drug-likeness (QED) is 0.690. The monoisotopic (exact) mass is 234 g/mol. The Kier molecular flexibility index (Phi) is 2.59. The maximum atomic E-state index is 12.4. The molecule has 17 heavy (non-hydrogen) atoms. The van der Waals surface area contributed by atoms with Gasteiger partial charge in [0, 0.05) is 6.54 Å². The number of morpholine rings is 1. The third-order valence-corrected chi connectivity index (χ3v) is 4.37. The third kappa shape index (κ3) is 1.73. The number of nitriles is 1. The molecule has 92 valence electrons. The molecule has 2 unspecified atom stereocenters. The molecule has 0 N–H and O–H groups in total. The van der Waals surface area contributed by atoms with E-state index in [0.29, 0.717) is 13.2 Å². The number of nitrogens with zero attached hydrogens (tertiary/aromatic N) is 2. The molecule has 0 spiro atoms. The lowest BCUT2D eigenvalue weighted by molar-refractivity contribution is -0.153. The number of carbonyl (C=O) groups excluding carboxylic acids is 1. The molecule has 3 aliphatic rings. The molecule has 3 rings (SSSR count). The Morgan fingerprint density at radius 1 is 1.35 bits per heavy atom. The summed E-state index contributed by atoms with van der Waals surface area (Å²) in [6.45, 7) is 1.30. The molecule has 2 aliphatic carbocycles. The van der Waals surface area contributed by atoms with Gasteiger partial charge >= 0.3 is 0 Å². The molecule has 1 aliphatic heterocycles. The zero-order chi connectivity index (χ0) is 11.9. The molecule has 2 saturated carbocycles. The van der Waals surface area contributed by atoms with Crippen molar-refractivity contribution >= 4 is 5.91 Å². The van der Waals surface area contributed by atoms with E-state index >= 15 is 0 Å². The molecule has 4 heteroatoms. The summed E-state index contributed by atoms with van der Waals surface area (Å²) in [7, 11) is 0. The van der Waals surface area contributed by atoms with Crippen LogP contribution in [0.1, 0.15) is 38.5 Å². The van der Waals surface area contributed by atoms with Crippen LogP contribution in [0.15, 0.2) is 0 Å². The largest absolute Gasteiger partial charge is 0.374 e. The first-order valence-electron chi connectivity index (χ1n) is 6.61. The summed E-state index contributed by atoms with van der Waals surface area (Å²) >= 11 is 0. The topological polar surface area (TPSA) is 53.3 Å². The van der Waals surface area contributed by atoms with Gasteiger partial charge in [0.15, 0.2) is 0 Å². The van der Waals surface area contributed by atoms with Gasteiger partial charge < -0.3 is 9.64 Å². The van der Waals surface area contributed by atoms with Gasteiger partial charge in [0.2, 0.25) is 5.91 Å². The van der Waals surface area contributed by atoms with Crippen LogP contribution in [0.3, 0.4) is 0 Å². The lowest BCUT2D eigenvalue weighted by atomic mass is 9.89.